The summed E-state index contributed by atoms with van der Waals surface area (Å²) in [6.45, 7) is 19.8. The zero-order valence-electron chi connectivity index (χ0n) is 32.9. The van der Waals surface area contributed by atoms with Crippen molar-refractivity contribution < 1.29 is 53.1 Å². The number of fused-ring (bicyclic) bond motifs is 7. The molecule has 5 aliphatic carbocycles. The summed E-state index contributed by atoms with van der Waals surface area (Å²) in [5.74, 6) is -1.07. The van der Waals surface area contributed by atoms with Crippen LogP contribution in [0.5, 0.6) is 0 Å². The number of rotatable bonds is 6. The maximum absolute atomic E-state index is 13.9. The summed E-state index contributed by atoms with van der Waals surface area (Å²) in [5.41, 5.74) is -1.02. The van der Waals surface area contributed by atoms with E-state index in [1.165, 1.54) is 26.3 Å². The monoisotopic (exact) mass is 730 g/mol. The molecule has 52 heavy (non-hydrogen) atoms. The molecule has 6 aliphatic rings. The van der Waals surface area contributed by atoms with Crippen LogP contribution in [0.2, 0.25) is 0 Å². The number of aliphatic hydroxyl groups excluding tert-OH is 2. The molecular weight excluding hydrogens is 668 g/mol. The Morgan fingerprint density at radius 3 is 2.21 bits per heavy atom. The lowest BCUT2D eigenvalue weighted by atomic mass is 9.30. The topological polar surface area (TPSA) is 155 Å². The van der Waals surface area contributed by atoms with Crippen molar-refractivity contribution in [1.82, 2.24) is 0 Å². The van der Waals surface area contributed by atoms with Crippen LogP contribution in [0, 0.1) is 56.7 Å². The summed E-state index contributed by atoms with van der Waals surface area (Å²) in [7, 11) is 0. The van der Waals surface area contributed by atoms with Gasteiger partial charge in [-0.3, -0.25) is 19.2 Å². The number of esters is 3. The minimum absolute atomic E-state index is 0.108. The van der Waals surface area contributed by atoms with E-state index in [0.29, 0.717) is 32.3 Å². The fourth-order valence-electron chi connectivity index (χ4n) is 13.3. The summed E-state index contributed by atoms with van der Waals surface area (Å²) in [6, 6.07) is 0. The maximum Gasteiger partial charge on any atom is 0.303 e. The first kappa shape index (κ1) is 39.4. The van der Waals surface area contributed by atoms with Gasteiger partial charge in [0, 0.05) is 49.9 Å². The van der Waals surface area contributed by atoms with Crippen LogP contribution in [-0.4, -0.2) is 83.9 Å². The van der Waals surface area contributed by atoms with Crippen molar-refractivity contribution in [2.45, 2.75) is 151 Å². The average molecular weight is 731 g/mol. The van der Waals surface area contributed by atoms with Gasteiger partial charge in [0.25, 0.3) is 0 Å². The molecule has 11 nitrogen and oxygen atoms in total. The molecule has 4 saturated carbocycles. The molecule has 0 amide bonds. The summed E-state index contributed by atoms with van der Waals surface area (Å²) < 4.78 is 30.8. The SMILES string of the molecule is CC(=O)OCC12CC=C(C)C(C)C1C1CC(OC(C)=O)C3C4(C)CCC(=O)C(C)(C)C4C(OC4OCC(O)C(O)C4OC(C)=O)CC3(C)C1(C)CC2. The molecule has 15 atom stereocenters. The second-order valence-electron chi connectivity index (χ2n) is 18.8. The summed E-state index contributed by atoms with van der Waals surface area (Å²) >= 11 is 0. The fraction of sp³-hybridized carbons (Fsp3) is 0.854. The molecule has 11 heteroatoms. The van der Waals surface area contributed by atoms with Crippen LogP contribution < -0.4 is 0 Å². The van der Waals surface area contributed by atoms with Crippen molar-refractivity contribution in [3.63, 3.8) is 0 Å². The highest BCUT2D eigenvalue weighted by molar-refractivity contribution is 5.85. The highest BCUT2D eigenvalue weighted by Gasteiger charge is 2.75. The Bertz CT molecular complexity index is 1490. The van der Waals surface area contributed by atoms with Crippen molar-refractivity contribution in [2.75, 3.05) is 13.2 Å². The normalized spacial score (nSPS) is 48.1. The first-order valence-corrected chi connectivity index (χ1v) is 19.4. The molecule has 0 aromatic carbocycles. The predicted octanol–water partition coefficient (Wildman–Crippen LogP) is 5.32. The highest BCUT2D eigenvalue weighted by atomic mass is 16.7. The van der Waals surface area contributed by atoms with Gasteiger partial charge in [-0.2, -0.15) is 0 Å². The number of carbonyl (C=O) groups excluding carboxylic acids is 4. The van der Waals surface area contributed by atoms with Crippen molar-refractivity contribution in [2.24, 2.45) is 56.7 Å². The molecule has 1 saturated heterocycles. The lowest BCUT2D eigenvalue weighted by molar-refractivity contribution is -0.335. The van der Waals surface area contributed by atoms with E-state index in [2.05, 4.69) is 40.7 Å². The van der Waals surface area contributed by atoms with Gasteiger partial charge in [-0.15, -0.1) is 0 Å². The Kier molecular flexibility index (Phi) is 10.2. The van der Waals surface area contributed by atoms with Crippen LogP contribution in [0.1, 0.15) is 114 Å². The zero-order chi connectivity index (χ0) is 38.3. The molecule has 0 aromatic heterocycles. The average Bonchev–Trinajstić information content (AvgIpc) is 3.04. The molecule has 15 unspecified atom stereocenters. The van der Waals surface area contributed by atoms with Crippen LogP contribution in [0.3, 0.4) is 0 Å². The van der Waals surface area contributed by atoms with E-state index < -0.39 is 59.0 Å². The summed E-state index contributed by atoms with van der Waals surface area (Å²) in [5, 5.41) is 21.5. The molecule has 6 rings (SSSR count). The van der Waals surface area contributed by atoms with Crippen molar-refractivity contribution in [3.8, 4) is 0 Å². The molecule has 0 radical (unpaired) electrons. The first-order chi connectivity index (χ1) is 24.1. The summed E-state index contributed by atoms with van der Waals surface area (Å²) in [6.07, 6.45) is 0.937. The van der Waals surface area contributed by atoms with Crippen LogP contribution in [-0.2, 0) is 42.9 Å². The number of carbonyl (C=O) groups is 4. The molecule has 0 spiro atoms. The van der Waals surface area contributed by atoms with Crippen molar-refractivity contribution in [3.05, 3.63) is 11.6 Å². The second-order valence-corrected chi connectivity index (χ2v) is 18.8. The molecule has 292 valence electrons. The van der Waals surface area contributed by atoms with Crippen LogP contribution in [0.4, 0.5) is 0 Å². The standard InChI is InChI=1S/C41H62O11/c1-21-11-14-41(20-49-23(3)42)16-15-39(9)26(31(41)22(21)2)17-28(50-24(4)43)35-38(8)13-12-30(46)37(6,7)34(38)29(18-40(35,39)10)52-36-33(51-25(5)44)32(47)27(45)19-48-36/h11,22,26-29,31-36,45,47H,12-20H2,1-10H3. The Labute approximate surface area is 308 Å². The number of hydrogen-bond donors (Lipinski definition) is 2. The second kappa shape index (κ2) is 13.4. The van der Waals surface area contributed by atoms with E-state index in [1.54, 1.807) is 0 Å². The smallest absolute Gasteiger partial charge is 0.303 e. The predicted molar refractivity (Wildman–Crippen MR) is 189 cm³/mol. The molecule has 5 fully saturated rings. The Balaban J connectivity index is 1.50. The molecule has 0 bridgehead atoms. The molecular formula is C41H62O11. The Morgan fingerprint density at radius 1 is 0.904 bits per heavy atom. The maximum atomic E-state index is 13.9. The highest BCUT2D eigenvalue weighted by Crippen LogP contribution is 2.77. The van der Waals surface area contributed by atoms with E-state index in [0.717, 1.165) is 19.3 Å². The quantitative estimate of drug-likeness (QED) is 0.158. The molecule has 1 aliphatic heterocycles. The van der Waals surface area contributed by atoms with E-state index >= 15 is 0 Å². The number of hydrogen-bond acceptors (Lipinski definition) is 11. The van der Waals surface area contributed by atoms with Crippen molar-refractivity contribution in [1.29, 1.82) is 0 Å². The number of Topliss-reactive ketones (excluding diaryl/α,β-unsaturated/α-hetero) is 1. The van der Waals surface area contributed by atoms with Gasteiger partial charge in [0.2, 0.25) is 0 Å². The third-order valence-electron chi connectivity index (χ3n) is 15.8. The van der Waals surface area contributed by atoms with E-state index in [9.17, 15) is 29.4 Å². The zero-order valence-corrected chi connectivity index (χ0v) is 32.9. The van der Waals surface area contributed by atoms with Gasteiger partial charge >= 0.3 is 17.9 Å². The van der Waals surface area contributed by atoms with E-state index in [4.69, 9.17) is 23.7 Å². The molecule has 0 aromatic rings. The number of ketones is 1. The number of ether oxygens (including phenoxy) is 5. The van der Waals surface area contributed by atoms with Gasteiger partial charge in [-0.05, 0) is 79.4 Å². The minimum atomic E-state index is -1.42. The van der Waals surface area contributed by atoms with Crippen LogP contribution >= 0.6 is 0 Å². The number of aliphatic hydroxyl groups is 2. The first-order valence-electron chi connectivity index (χ1n) is 19.4. The van der Waals surface area contributed by atoms with Gasteiger partial charge in [0.15, 0.2) is 12.4 Å². The van der Waals surface area contributed by atoms with Gasteiger partial charge in [-0.1, -0.05) is 53.2 Å². The van der Waals surface area contributed by atoms with Gasteiger partial charge in [0.05, 0.1) is 19.3 Å². The third kappa shape index (κ3) is 5.99. The van der Waals surface area contributed by atoms with Crippen LogP contribution in [0.25, 0.3) is 0 Å². The largest absolute Gasteiger partial charge is 0.465 e. The van der Waals surface area contributed by atoms with Crippen LogP contribution in [0.15, 0.2) is 11.6 Å². The minimum Gasteiger partial charge on any atom is -0.465 e. The van der Waals surface area contributed by atoms with E-state index in [1.807, 2.05) is 13.8 Å². The van der Waals surface area contributed by atoms with Gasteiger partial charge < -0.3 is 33.9 Å². The Hall–Kier alpha value is -2.34. The Morgan fingerprint density at radius 2 is 1.58 bits per heavy atom. The third-order valence-corrected chi connectivity index (χ3v) is 15.8. The lowest BCUT2D eigenvalue weighted by Gasteiger charge is -2.75. The lowest BCUT2D eigenvalue weighted by Crippen LogP contribution is -2.73. The van der Waals surface area contributed by atoms with Gasteiger partial charge in [0.1, 0.15) is 24.1 Å². The molecule has 2 N–H and O–H groups in total. The molecule has 1 heterocycles. The van der Waals surface area contributed by atoms with Crippen molar-refractivity contribution >= 4 is 23.7 Å². The fourth-order valence-corrected chi connectivity index (χ4v) is 13.3. The summed E-state index contributed by atoms with van der Waals surface area (Å²) in [4.78, 5) is 51.4. The van der Waals surface area contributed by atoms with Gasteiger partial charge in [-0.25, -0.2) is 0 Å². The van der Waals surface area contributed by atoms with E-state index in [-0.39, 0.29) is 64.7 Å². The number of allylic oxidation sites excluding steroid dienone is 2.